The van der Waals surface area contributed by atoms with Gasteiger partial charge in [-0.15, -0.1) is 0 Å². The van der Waals surface area contributed by atoms with Crippen LogP contribution in [0.1, 0.15) is 21.5 Å². The molecule has 0 fully saturated rings. The molecular formula is C15H11ClF2O. The Hall–Kier alpha value is -1.74. The highest BCUT2D eigenvalue weighted by molar-refractivity contribution is 6.30. The summed E-state index contributed by atoms with van der Waals surface area (Å²) in [6.07, 6.45) is -0.191. The molecule has 19 heavy (non-hydrogen) atoms. The van der Waals surface area contributed by atoms with Gasteiger partial charge in [0.2, 0.25) is 0 Å². The third-order valence-corrected chi connectivity index (χ3v) is 3.03. The Morgan fingerprint density at radius 3 is 2.47 bits per heavy atom. The lowest BCUT2D eigenvalue weighted by Crippen LogP contribution is -2.07. The molecule has 0 unspecified atom stereocenters. The van der Waals surface area contributed by atoms with Gasteiger partial charge in [0, 0.05) is 11.4 Å². The first-order chi connectivity index (χ1) is 8.97. The quantitative estimate of drug-likeness (QED) is 0.764. The highest BCUT2D eigenvalue weighted by Gasteiger charge is 2.14. The first-order valence-corrected chi connectivity index (χ1v) is 6.08. The molecule has 0 aliphatic carbocycles. The molecule has 2 aromatic carbocycles. The van der Waals surface area contributed by atoms with E-state index in [1.54, 1.807) is 13.0 Å². The van der Waals surface area contributed by atoms with Gasteiger partial charge in [-0.25, -0.2) is 8.78 Å². The normalized spacial score (nSPS) is 10.5. The number of ketones is 1. The van der Waals surface area contributed by atoms with Gasteiger partial charge < -0.3 is 0 Å². The van der Waals surface area contributed by atoms with Crippen LogP contribution >= 0.6 is 11.6 Å². The van der Waals surface area contributed by atoms with Crippen LogP contribution in [-0.4, -0.2) is 5.78 Å². The maximum Gasteiger partial charge on any atom is 0.170 e. The minimum atomic E-state index is -0.584. The second-order valence-corrected chi connectivity index (χ2v) is 4.76. The largest absolute Gasteiger partial charge is 0.294 e. The van der Waals surface area contributed by atoms with E-state index in [1.165, 1.54) is 24.3 Å². The number of benzene rings is 2. The van der Waals surface area contributed by atoms with E-state index in [1.807, 2.05) is 0 Å². The third-order valence-electron chi connectivity index (χ3n) is 2.79. The molecule has 0 atom stereocenters. The molecule has 0 spiro atoms. The van der Waals surface area contributed by atoms with Crippen LogP contribution in [0.5, 0.6) is 0 Å². The number of Topliss-reactive ketones (excluding diaryl/α,β-unsaturated/α-hetero) is 1. The number of hydrogen-bond donors (Lipinski definition) is 0. The van der Waals surface area contributed by atoms with Crippen LogP contribution < -0.4 is 0 Å². The molecule has 2 aromatic rings. The fourth-order valence-electron chi connectivity index (χ4n) is 1.78. The van der Waals surface area contributed by atoms with E-state index < -0.39 is 17.4 Å². The predicted molar refractivity (Wildman–Crippen MR) is 70.6 cm³/mol. The van der Waals surface area contributed by atoms with Crippen molar-refractivity contribution < 1.29 is 13.6 Å². The van der Waals surface area contributed by atoms with Gasteiger partial charge in [0.1, 0.15) is 11.6 Å². The predicted octanol–water partition coefficient (Wildman–Crippen LogP) is 4.35. The molecule has 0 aromatic heterocycles. The van der Waals surface area contributed by atoms with E-state index in [0.717, 1.165) is 11.6 Å². The van der Waals surface area contributed by atoms with Crippen LogP contribution in [0.25, 0.3) is 0 Å². The molecule has 98 valence electrons. The van der Waals surface area contributed by atoms with Crippen molar-refractivity contribution in [2.24, 2.45) is 0 Å². The van der Waals surface area contributed by atoms with Gasteiger partial charge in [-0.3, -0.25) is 4.79 Å². The average Bonchev–Trinajstić information content (AvgIpc) is 2.32. The van der Waals surface area contributed by atoms with Crippen LogP contribution in [0, 0.1) is 18.6 Å². The first-order valence-electron chi connectivity index (χ1n) is 5.70. The Labute approximate surface area is 114 Å². The van der Waals surface area contributed by atoms with E-state index in [9.17, 15) is 13.6 Å². The van der Waals surface area contributed by atoms with Crippen LogP contribution in [0.3, 0.4) is 0 Å². The van der Waals surface area contributed by atoms with Crippen molar-refractivity contribution >= 4 is 17.4 Å². The van der Waals surface area contributed by atoms with Crippen LogP contribution in [0.15, 0.2) is 36.4 Å². The maximum atomic E-state index is 13.6. The van der Waals surface area contributed by atoms with E-state index >= 15 is 0 Å². The van der Waals surface area contributed by atoms with Crippen molar-refractivity contribution in [1.29, 1.82) is 0 Å². The zero-order valence-corrected chi connectivity index (χ0v) is 11.0. The van der Waals surface area contributed by atoms with Crippen molar-refractivity contribution in [3.05, 3.63) is 69.7 Å². The summed E-state index contributed by atoms with van der Waals surface area (Å²) in [5.74, 6) is -1.61. The van der Waals surface area contributed by atoms with Crippen LogP contribution in [0.4, 0.5) is 8.78 Å². The summed E-state index contributed by atoms with van der Waals surface area (Å²) in [5.41, 5.74) is 0.904. The maximum absolute atomic E-state index is 13.6. The van der Waals surface area contributed by atoms with Crippen LogP contribution in [-0.2, 0) is 6.42 Å². The molecule has 0 N–H and O–H groups in total. The van der Waals surface area contributed by atoms with Crippen molar-refractivity contribution in [2.75, 3.05) is 0 Å². The first kappa shape index (κ1) is 13.7. The number of aryl methyl sites for hydroxylation is 1. The Bertz CT molecular complexity index is 638. The van der Waals surface area contributed by atoms with Gasteiger partial charge in [-0.05, 0) is 42.3 Å². The van der Waals surface area contributed by atoms with Crippen molar-refractivity contribution in [2.45, 2.75) is 13.3 Å². The van der Waals surface area contributed by atoms with E-state index in [0.29, 0.717) is 0 Å². The van der Waals surface area contributed by atoms with E-state index in [-0.39, 0.29) is 22.6 Å². The summed E-state index contributed by atoms with van der Waals surface area (Å²) < 4.78 is 27.2. The van der Waals surface area contributed by atoms with Gasteiger partial charge in [0.05, 0.1) is 5.56 Å². The Morgan fingerprint density at radius 1 is 1.11 bits per heavy atom. The minimum absolute atomic E-state index is 0.0278. The molecule has 0 bridgehead atoms. The van der Waals surface area contributed by atoms with Crippen molar-refractivity contribution in [1.82, 2.24) is 0 Å². The third kappa shape index (κ3) is 3.18. The average molecular weight is 281 g/mol. The summed E-state index contributed by atoms with van der Waals surface area (Å²) in [7, 11) is 0. The second-order valence-electron chi connectivity index (χ2n) is 4.32. The van der Waals surface area contributed by atoms with Gasteiger partial charge in [0.25, 0.3) is 0 Å². The van der Waals surface area contributed by atoms with Gasteiger partial charge >= 0.3 is 0 Å². The fourth-order valence-corrected chi connectivity index (χ4v) is 1.94. The van der Waals surface area contributed by atoms with Gasteiger partial charge in [-0.1, -0.05) is 23.7 Å². The number of rotatable bonds is 3. The SMILES string of the molecule is Cc1ccc(C(=O)Cc2ccc(Cl)cc2F)c(F)c1. The second kappa shape index (κ2) is 5.49. The molecule has 0 aliphatic rings. The molecular weight excluding hydrogens is 270 g/mol. The zero-order valence-electron chi connectivity index (χ0n) is 10.2. The zero-order chi connectivity index (χ0) is 14.0. The highest BCUT2D eigenvalue weighted by atomic mass is 35.5. The smallest absolute Gasteiger partial charge is 0.170 e. The standard InChI is InChI=1S/C15H11ClF2O/c1-9-2-5-12(14(18)6-9)15(19)7-10-3-4-11(16)8-13(10)17/h2-6,8H,7H2,1H3. The summed E-state index contributed by atoms with van der Waals surface area (Å²) in [4.78, 5) is 11.9. The number of halogens is 3. The number of carbonyl (C=O) groups excluding carboxylic acids is 1. The monoisotopic (exact) mass is 280 g/mol. The lowest BCUT2D eigenvalue weighted by molar-refractivity contribution is 0.0988. The van der Waals surface area contributed by atoms with Gasteiger partial charge in [0.15, 0.2) is 5.78 Å². The highest BCUT2D eigenvalue weighted by Crippen LogP contribution is 2.18. The molecule has 0 amide bonds. The summed E-state index contributed by atoms with van der Waals surface area (Å²) >= 11 is 5.63. The van der Waals surface area contributed by atoms with Crippen LogP contribution in [0.2, 0.25) is 5.02 Å². The van der Waals surface area contributed by atoms with Crippen molar-refractivity contribution in [3.8, 4) is 0 Å². The van der Waals surface area contributed by atoms with Crippen molar-refractivity contribution in [3.63, 3.8) is 0 Å². The topological polar surface area (TPSA) is 17.1 Å². The van der Waals surface area contributed by atoms with E-state index in [2.05, 4.69) is 0 Å². The molecule has 2 rings (SSSR count). The lowest BCUT2D eigenvalue weighted by Gasteiger charge is -2.05. The molecule has 0 heterocycles. The fraction of sp³-hybridized carbons (Fsp3) is 0.133. The minimum Gasteiger partial charge on any atom is -0.294 e. The number of carbonyl (C=O) groups is 1. The number of hydrogen-bond acceptors (Lipinski definition) is 1. The molecule has 1 nitrogen and oxygen atoms in total. The van der Waals surface area contributed by atoms with E-state index in [4.69, 9.17) is 11.6 Å². The Kier molecular flexibility index (Phi) is 3.96. The Morgan fingerprint density at radius 2 is 1.84 bits per heavy atom. The molecule has 4 heteroatoms. The van der Waals surface area contributed by atoms with Gasteiger partial charge in [-0.2, -0.15) is 0 Å². The summed E-state index contributed by atoms with van der Waals surface area (Å²) in [5, 5.41) is 0.259. The molecule has 0 saturated carbocycles. The summed E-state index contributed by atoms with van der Waals surface area (Å²) in [6.45, 7) is 1.73. The lowest BCUT2D eigenvalue weighted by atomic mass is 10.0. The summed E-state index contributed by atoms with van der Waals surface area (Å²) in [6, 6.07) is 8.41. The molecule has 0 saturated heterocycles. The molecule has 0 aliphatic heterocycles. The Balaban J connectivity index is 2.25. The molecule has 0 radical (unpaired) electrons.